The predicted octanol–water partition coefficient (Wildman–Crippen LogP) is 1.42. The van der Waals surface area contributed by atoms with Gasteiger partial charge in [-0.3, -0.25) is 5.10 Å². The zero-order valence-corrected chi connectivity index (χ0v) is 7.87. The minimum Gasteiger partial charge on any atom is -0.478 e. The number of carboxylic acids is 1. The molecule has 66 valence electrons. The summed E-state index contributed by atoms with van der Waals surface area (Å²) in [4.78, 5) is 14.7. The van der Waals surface area contributed by atoms with Crippen LogP contribution in [0.5, 0.6) is 0 Å². The molecule has 13 heavy (non-hydrogen) atoms. The van der Waals surface area contributed by atoms with Crippen molar-refractivity contribution in [3.8, 4) is 0 Å². The van der Waals surface area contributed by atoms with Crippen LogP contribution in [0, 0.1) is 0 Å². The molecule has 2 aromatic heterocycles. The second-order valence-corrected chi connectivity index (χ2v) is 3.15. The number of H-pyrrole nitrogens is 1. The number of nitrogens with zero attached hydrogens (tertiary/aromatic N) is 2. The summed E-state index contributed by atoms with van der Waals surface area (Å²) in [7, 11) is 0. The Morgan fingerprint density at radius 1 is 1.62 bits per heavy atom. The number of carboxylic acid groups (broad SMARTS) is 1. The Kier molecular flexibility index (Phi) is 1.77. The largest absolute Gasteiger partial charge is 0.478 e. The van der Waals surface area contributed by atoms with Gasteiger partial charge in [-0.2, -0.15) is 5.10 Å². The molecule has 0 aromatic carbocycles. The lowest BCUT2D eigenvalue weighted by Gasteiger charge is -1.94. The summed E-state index contributed by atoms with van der Waals surface area (Å²) in [5.74, 6) is -0.991. The third-order valence-corrected chi connectivity index (χ3v) is 2.22. The van der Waals surface area contributed by atoms with Crippen LogP contribution in [-0.4, -0.2) is 26.3 Å². The van der Waals surface area contributed by atoms with Crippen LogP contribution in [0.3, 0.4) is 0 Å². The van der Waals surface area contributed by atoms with Crippen LogP contribution >= 0.6 is 15.9 Å². The minimum absolute atomic E-state index is 0.186. The van der Waals surface area contributed by atoms with Crippen molar-refractivity contribution in [3.05, 3.63) is 22.4 Å². The number of halogens is 1. The molecule has 0 radical (unpaired) electrons. The molecule has 0 saturated carbocycles. The molecule has 0 aliphatic heterocycles. The summed E-state index contributed by atoms with van der Waals surface area (Å²) in [6, 6.07) is 1.44. The summed E-state index contributed by atoms with van der Waals surface area (Å²) >= 11 is 3.14. The van der Waals surface area contributed by atoms with Crippen LogP contribution in [0.1, 0.15) is 10.4 Å². The van der Waals surface area contributed by atoms with Gasteiger partial charge < -0.3 is 5.11 Å². The quantitative estimate of drug-likeness (QED) is 0.792. The first-order valence-corrected chi connectivity index (χ1v) is 4.21. The van der Waals surface area contributed by atoms with E-state index in [2.05, 4.69) is 31.1 Å². The zero-order chi connectivity index (χ0) is 9.42. The molecular formula is C7H4BrN3O2. The summed E-state index contributed by atoms with van der Waals surface area (Å²) in [5, 5.41) is 15.7. The molecule has 0 amide bonds. The van der Waals surface area contributed by atoms with Crippen molar-refractivity contribution in [2.24, 2.45) is 0 Å². The molecule has 2 rings (SSSR count). The highest BCUT2D eigenvalue weighted by atomic mass is 79.9. The van der Waals surface area contributed by atoms with Crippen molar-refractivity contribution in [1.29, 1.82) is 0 Å². The van der Waals surface area contributed by atoms with Crippen molar-refractivity contribution in [1.82, 2.24) is 15.2 Å². The Hall–Kier alpha value is -1.43. The van der Waals surface area contributed by atoms with Gasteiger partial charge in [0.1, 0.15) is 4.60 Å². The average molecular weight is 242 g/mol. The van der Waals surface area contributed by atoms with Gasteiger partial charge in [0.15, 0.2) is 5.65 Å². The number of aromatic nitrogens is 3. The van der Waals surface area contributed by atoms with Gasteiger partial charge in [-0.1, -0.05) is 0 Å². The molecule has 2 aromatic rings. The van der Waals surface area contributed by atoms with Gasteiger partial charge in [0.05, 0.1) is 10.9 Å². The van der Waals surface area contributed by atoms with Gasteiger partial charge in [0, 0.05) is 6.20 Å². The van der Waals surface area contributed by atoms with Crippen LogP contribution in [0.15, 0.2) is 16.9 Å². The summed E-state index contributed by atoms with van der Waals surface area (Å²) in [5.41, 5.74) is 0.650. The predicted molar refractivity (Wildman–Crippen MR) is 48.5 cm³/mol. The normalized spacial score (nSPS) is 10.5. The number of aromatic amines is 1. The number of hydrogen-bond acceptors (Lipinski definition) is 3. The number of hydrogen-bond donors (Lipinski definition) is 2. The van der Waals surface area contributed by atoms with Crippen LogP contribution in [-0.2, 0) is 0 Å². The Morgan fingerprint density at radius 2 is 2.38 bits per heavy atom. The minimum atomic E-state index is -0.991. The lowest BCUT2D eigenvalue weighted by atomic mass is 10.2. The van der Waals surface area contributed by atoms with E-state index >= 15 is 0 Å². The van der Waals surface area contributed by atoms with Crippen molar-refractivity contribution in [2.45, 2.75) is 0 Å². The fraction of sp³-hybridized carbons (Fsp3) is 0. The highest BCUT2D eigenvalue weighted by molar-refractivity contribution is 9.10. The zero-order valence-electron chi connectivity index (χ0n) is 6.28. The Morgan fingerprint density at radius 3 is 3.08 bits per heavy atom. The van der Waals surface area contributed by atoms with E-state index in [0.29, 0.717) is 15.6 Å². The standard InChI is InChI=1S/C7H4BrN3O2/c8-5-4-3(7(12)13)1-2-9-6(4)11-10-5/h1-2H,(H,12,13)(H,9,10,11). The summed E-state index contributed by atoms with van der Waals surface area (Å²) < 4.78 is 0.466. The fourth-order valence-corrected chi connectivity index (χ4v) is 1.58. The van der Waals surface area contributed by atoms with E-state index in [1.165, 1.54) is 12.3 Å². The Labute approximate surface area is 80.9 Å². The second kappa shape index (κ2) is 2.81. The molecule has 0 atom stereocenters. The molecule has 0 aliphatic rings. The molecule has 0 fully saturated rings. The van der Waals surface area contributed by atoms with Crippen molar-refractivity contribution >= 4 is 32.9 Å². The van der Waals surface area contributed by atoms with Gasteiger partial charge in [0.2, 0.25) is 0 Å². The van der Waals surface area contributed by atoms with Crippen LogP contribution in [0.2, 0.25) is 0 Å². The van der Waals surface area contributed by atoms with E-state index in [0.717, 1.165) is 0 Å². The highest BCUT2D eigenvalue weighted by Crippen LogP contribution is 2.22. The van der Waals surface area contributed by atoms with Gasteiger partial charge in [-0.05, 0) is 22.0 Å². The van der Waals surface area contributed by atoms with Crippen LogP contribution < -0.4 is 0 Å². The molecule has 6 heteroatoms. The SMILES string of the molecule is O=C(O)c1ccnc2[nH]nc(Br)c12. The highest BCUT2D eigenvalue weighted by Gasteiger charge is 2.13. The van der Waals surface area contributed by atoms with Crippen molar-refractivity contribution in [3.63, 3.8) is 0 Å². The first kappa shape index (κ1) is 8.18. The molecule has 0 bridgehead atoms. The molecule has 2 N–H and O–H groups in total. The molecule has 0 spiro atoms. The third kappa shape index (κ3) is 1.19. The molecule has 5 nitrogen and oxygen atoms in total. The molecule has 0 aliphatic carbocycles. The molecule has 0 unspecified atom stereocenters. The summed E-state index contributed by atoms with van der Waals surface area (Å²) in [6.07, 6.45) is 1.43. The van der Waals surface area contributed by atoms with Crippen LogP contribution in [0.25, 0.3) is 11.0 Å². The maximum Gasteiger partial charge on any atom is 0.336 e. The van der Waals surface area contributed by atoms with Crippen molar-refractivity contribution in [2.75, 3.05) is 0 Å². The number of carbonyl (C=O) groups is 1. The Bertz CT molecular complexity index is 480. The first-order chi connectivity index (χ1) is 6.20. The van der Waals surface area contributed by atoms with E-state index in [9.17, 15) is 4.79 Å². The maximum absolute atomic E-state index is 10.8. The average Bonchev–Trinajstić information content (AvgIpc) is 2.48. The van der Waals surface area contributed by atoms with Gasteiger partial charge >= 0.3 is 5.97 Å². The maximum atomic E-state index is 10.8. The topological polar surface area (TPSA) is 78.9 Å². The number of fused-ring (bicyclic) bond motifs is 1. The van der Waals surface area contributed by atoms with Gasteiger partial charge in [0.25, 0.3) is 0 Å². The molecular weight excluding hydrogens is 238 g/mol. The molecule has 2 heterocycles. The first-order valence-electron chi connectivity index (χ1n) is 3.42. The monoisotopic (exact) mass is 241 g/mol. The number of pyridine rings is 1. The van der Waals surface area contributed by atoms with E-state index in [1.807, 2.05) is 0 Å². The number of nitrogens with one attached hydrogen (secondary N) is 1. The van der Waals surface area contributed by atoms with Crippen molar-refractivity contribution < 1.29 is 9.90 Å². The van der Waals surface area contributed by atoms with Gasteiger partial charge in [-0.15, -0.1) is 0 Å². The van der Waals surface area contributed by atoms with E-state index in [1.54, 1.807) is 0 Å². The smallest absolute Gasteiger partial charge is 0.336 e. The fourth-order valence-electron chi connectivity index (χ4n) is 1.09. The van der Waals surface area contributed by atoms with Gasteiger partial charge in [-0.25, -0.2) is 9.78 Å². The second-order valence-electron chi connectivity index (χ2n) is 2.40. The lowest BCUT2D eigenvalue weighted by Crippen LogP contribution is -1.97. The number of aromatic carboxylic acids is 1. The summed E-state index contributed by atoms with van der Waals surface area (Å²) in [6.45, 7) is 0. The van der Waals surface area contributed by atoms with E-state index in [4.69, 9.17) is 5.11 Å². The number of rotatable bonds is 1. The molecule has 0 saturated heterocycles. The van der Waals surface area contributed by atoms with E-state index in [-0.39, 0.29) is 5.56 Å². The van der Waals surface area contributed by atoms with Crippen LogP contribution in [0.4, 0.5) is 0 Å². The Balaban J connectivity index is 2.88. The lowest BCUT2D eigenvalue weighted by molar-refractivity contribution is 0.0699. The third-order valence-electron chi connectivity index (χ3n) is 1.65. The van der Waals surface area contributed by atoms with E-state index < -0.39 is 5.97 Å².